The maximum atomic E-state index is 11.7. The Labute approximate surface area is 284 Å². The minimum atomic E-state index is -1.08. The van der Waals surface area contributed by atoms with Gasteiger partial charge in [-0.2, -0.15) is 0 Å². The number of unbranched alkanes of at least 4 members (excludes halogenated alkanes) is 6. The average Bonchev–Trinajstić information content (AvgIpc) is 3.64. The van der Waals surface area contributed by atoms with Crippen LogP contribution in [0.3, 0.4) is 0 Å². The van der Waals surface area contributed by atoms with Crippen molar-refractivity contribution in [2.75, 3.05) is 19.7 Å². The molecule has 0 spiro atoms. The highest BCUT2D eigenvalue weighted by Gasteiger charge is 2.19. The van der Waals surface area contributed by atoms with Crippen LogP contribution < -0.4 is 20.9 Å². The molecule has 3 aromatic carbocycles. The van der Waals surface area contributed by atoms with Crippen LogP contribution in [0.4, 0.5) is 4.79 Å². The number of rotatable bonds is 18. The Morgan fingerprint density at radius 2 is 1.62 bits per heavy atom. The number of carbonyl (C=O) groups is 1. The molecule has 0 aliphatic carbocycles. The Bertz CT molecular complexity index is 1810. The number of fused-ring (bicyclic) bond motifs is 1. The largest absolute Gasteiger partial charge is 0.506 e. The molecular weight excluding hydrogens is 627 g/mol. The smallest absolute Gasteiger partial charge is 0.405 e. The number of aliphatic hydroxyl groups is 1. The van der Waals surface area contributed by atoms with Gasteiger partial charge >= 0.3 is 6.09 Å². The first kappa shape index (κ1) is 34.7. The monoisotopic (exact) mass is 669 g/mol. The lowest BCUT2D eigenvalue weighted by Gasteiger charge is -2.20. The van der Waals surface area contributed by atoms with Crippen molar-refractivity contribution < 1.29 is 24.9 Å². The fourth-order valence-corrected chi connectivity index (χ4v) is 6.62. The molecule has 0 saturated heterocycles. The maximum Gasteiger partial charge on any atom is 0.405 e. The number of aromatic amines is 1. The molecule has 2 aromatic heterocycles. The van der Waals surface area contributed by atoms with Gasteiger partial charge in [0.25, 0.3) is 0 Å². The van der Waals surface area contributed by atoms with Crippen LogP contribution in [0.25, 0.3) is 21.3 Å². The van der Waals surface area contributed by atoms with Gasteiger partial charge in [-0.15, -0.1) is 11.3 Å². The van der Waals surface area contributed by atoms with Gasteiger partial charge in [0.2, 0.25) is 5.56 Å². The number of nitrogens with one attached hydrogen (secondary N) is 3. The molecule has 10 heteroatoms. The Balaban J connectivity index is 1.01. The van der Waals surface area contributed by atoms with E-state index in [1.54, 1.807) is 23.5 Å². The zero-order chi connectivity index (χ0) is 33.7. The molecule has 2 heterocycles. The van der Waals surface area contributed by atoms with E-state index in [9.17, 15) is 24.9 Å². The highest BCUT2D eigenvalue weighted by molar-refractivity contribution is 7.13. The van der Waals surface area contributed by atoms with Crippen LogP contribution in [0.2, 0.25) is 0 Å². The summed E-state index contributed by atoms with van der Waals surface area (Å²) in [4.78, 5) is 27.1. The molecule has 2 unspecified atom stereocenters. The zero-order valence-corrected chi connectivity index (χ0v) is 27.7. The molecule has 0 fully saturated rings. The van der Waals surface area contributed by atoms with Crippen LogP contribution in [-0.4, -0.2) is 46.1 Å². The van der Waals surface area contributed by atoms with Crippen molar-refractivity contribution in [3.63, 3.8) is 0 Å². The minimum absolute atomic E-state index is 0.0164. The number of hydrogen-bond acceptors (Lipinski definition) is 7. The summed E-state index contributed by atoms with van der Waals surface area (Å²) in [6, 6.07) is 25.3. The number of phenolic OH excluding ortho intramolecular Hbond substituents is 1. The van der Waals surface area contributed by atoms with E-state index < -0.39 is 18.2 Å². The first-order valence-electron chi connectivity index (χ1n) is 16.5. The Morgan fingerprint density at radius 3 is 2.38 bits per heavy atom. The van der Waals surface area contributed by atoms with E-state index in [0.29, 0.717) is 29.6 Å². The Hall–Kier alpha value is -4.64. The van der Waals surface area contributed by atoms with Crippen LogP contribution in [0.1, 0.15) is 73.8 Å². The first-order valence-corrected chi connectivity index (χ1v) is 17.4. The van der Waals surface area contributed by atoms with Crippen molar-refractivity contribution in [2.24, 2.45) is 0 Å². The molecule has 48 heavy (non-hydrogen) atoms. The van der Waals surface area contributed by atoms with Crippen LogP contribution >= 0.6 is 11.3 Å². The number of H-pyrrole nitrogens is 1. The highest BCUT2D eigenvalue weighted by atomic mass is 32.1. The topological polar surface area (TPSA) is 144 Å². The number of aliphatic hydroxyl groups excluding tert-OH is 1. The zero-order valence-electron chi connectivity index (χ0n) is 26.9. The number of aromatic nitrogens is 1. The fraction of sp³-hybridized carbons (Fsp3) is 0.316. The summed E-state index contributed by atoms with van der Waals surface area (Å²) in [5.41, 5.74) is 3.40. The van der Waals surface area contributed by atoms with Gasteiger partial charge in [-0.1, -0.05) is 74.6 Å². The second kappa shape index (κ2) is 17.5. The highest BCUT2D eigenvalue weighted by Crippen LogP contribution is 2.34. The Morgan fingerprint density at radius 1 is 0.854 bits per heavy atom. The summed E-state index contributed by atoms with van der Waals surface area (Å²) < 4.78 is 6.21. The molecule has 0 aliphatic heterocycles. The molecular formula is C38H43N3O6S. The lowest BCUT2D eigenvalue weighted by atomic mass is 9.96. The summed E-state index contributed by atoms with van der Waals surface area (Å²) in [6.45, 7) is 1.78. The predicted molar refractivity (Wildman–Crippen MR) is 191 cm³/mol. The molecule has 9 nitrogen and oxygen atoms in total. The predicted octanol–water partition coefficient (Wildman–Crippen LogP) is 7.75. The second-order valence-corrected chi connectivity index (χ2v) is 12.8. The Kier molecular flexibility index (Phi) is 12.6. The first-order chi connectivity index (χ1) is 23.4. The van der Waals surface area contributed by atoms with Gasteiger partial charge < -0.3 is 35.7 Å². The molecule has 0 radical (unpaired) electrons. The van der Waals surface area contributed by atoms with Crippen molar-refractivity contribution >= 4 is 28.3 Å². The summed E-state index contributed by atoms with van der Waals surface area (Å²) in [5, 5.41) is 39.0. The van der Waals surface area contributed by atoms with E-state index in [1.807, 2.05) is 60.0 Å². The van der Waals surface area contributed by atoms with Gasteiger partial charge in [0, 0.05) is 22.9 Å². The number of pyridine rings is 1. The fourth-order valence-electron chi connectivity index (χ4n) is 5.91. The van der Waals surface area contributed by atoms with E-state index in [1.165, 1.54) is 12.1 Å². The van der Waals surface area contributed by atoms with Crippen LogP contribution in [0, 0.1) is 0 Å². The van der Waals surface area contributed by atoms with E-state index in [2.05, 4.69) is 21.7 Å². The molecule has 1 amide bonds. The number of phenols is 1. The molecule has 5 rings (SSSR count). The van der Waals surface area contributed by atoms with Crippen molar-refractivity contribution in [1.82, 2.24) is 15.6 Å². The summed E-state index contributed by atoms with van der Waals surface area (Å²) in [6.07, 6.45) is 5.72. The molecule has 0 aliphatic rings. The van der Waals surface area contributed by atoms with Gasteiger partial charge in [0.15, 0.2) is 0 Å². The molecule has 6 N–H and O–H groups in total. The number of ether oxygens (including phenoxy) is 1. The van der Waals surface area contributed by atoms with Crippen molar-refractivity contribution in [3.05, 3.63) is 117 Å². The average molecular weight is 670 g/mol. The number of amides is 1. The quantitative estimate of drug-likeness (QED) is 0.0524. The standard InChI is InChI=1S/C38H43N3O6S/c42-32-17-15-30(31-16-18-35(44)40-37(31)32)33(43)25-39-19-9-4-2-1-3-5-10-20-47-29-23-27(34-14-11-21-48-34)22-28(24-29)36(41-38(45)46)26-12-7-6-8-13-26/h6-8,11-18,21-24,33,36,39,41-43H,1-5,9-10,19-20,25H2,(H,40,44)(H,45,46). The molecule has 0 bridgehead atoms. The number of benzene rings is 3. The molecule has 5 aromatic rings. The summed E-state index contributed by atoms with van der Waals surface area (Å²) in [7, 11) is 0. The molecule has 0 saturated carbocycles. The lowest BCUT2D eigenvalue weighted by molar-refractivity contribution is 0.176. The second-order valence-electron chi connectivity index (χ2n) is 11.9. The van der Waals surface area contributed by atoms with Crippen molar-refractivity contribution in [3.8, 4) is 21.9 Å². The summed E-state index contributed by atoms with van der Waals surface area (Å²) in [5.74, 6) is 0.715. The lowest BCUT2D eigenvalue weighted by Crippen LogP contribution is -2.27. The van der Waals surface area contributed by atoms with E-state index in [-0.39, 0.29) is 11.3 Å². The molecule has 252 valence electrons. The third-order valence-corrected chi connectivity index (χ3v) is 9.26. The van der Waals surface area contributed by atoms with E-state index in [4.69, 9.17) is 4.74 Å². The molecule has 2 atom stereocenters. The number of hydrogen-bond donors (Lipinski definition) is 6. The van der Waals surface area contributed by atoms with Crippen LogP contribution in [0.5, 0.6) is 11.5 Å². The van der Waals surface area contributed by atoms with E-state index >= 15 is 0 Å². The number of carboxylic acid groups (broad SMARTS) is 1. The van der Waals surface area contributed by atoms with Crippen LogP contribution in [-0.2, 0) is 0 Å². The minimum Gasteiger partial charge on any atom is -0.506 e. The van der Waals surface area contributed by atoms with Crippen LogP contribution in [0.15, 0.2) is 95.1 Å². The van der Waals surface area contributed by atoms with Crippen molar-refractivity contribution in [2.45, 2.75) is 57.1 Å². The normalized spacial score (nSPS) is 12.5. The SMILES string of the molecule is O=C(O)NC(c1ccccc1)c1cc(OCCCCCCCCCNCC(O)c2ccc(O)c3[nH]c(=O)ccc23)cc(-c2cccs2)c1. The van der Waals surface area contributed by atoms with Gasteiger partial charge in [-0.05, 0) is 83.4 Å². The van der Waals surface area contributed by atoms with Gasteiger partial charge in [0.1, 0.15) is 11.5 Å². The third-order valence-electron chi connectivity index (χ3n) is 8.34. The summed E-state index contributed by atoms with van der Waals surface area (Å²) >= 11 is 1.64. The van der Waals surface area contributed by atoms with Gasteiger partial charge in [-0.3, -0.25) is 4.79 Å². The van der Waals surface area contributed by atoms with E-state index in [0.717, 1.165) is 78.8 Å². The van der Waals surface area contributed by atoms with Gasteiger partial charge in [0.05, 0.1) is 24.3 Å². The number of aromatic hydroxyl groups is 1. The third kappa shape index (κ3) is 9.70. The maximum absolute atomic E-state index is 11.7. The van der Waals surface area contributed by atoms with Crippen molar-refractivity contribution in [1.29, 1.82) is 0 Å². The number of thiophene rings is 1. The van der Waals surface area contributed by atoms with Gasteiger partial charge in [-0.25, -0.2) is 4.79 Å².